The first-order valence-corrected chi connectivity index (χ1v) is 8.93. The molecule has 1 aromatic carbocycles. The number of hydrogen-bond acceptors (Lipinski definition) is 5. The Balaban J connectivity index is 1.62. The summed E-state index contributed by atoms with van der Waals surface area (Å²) in [5.41, 5.74) is 1.85. The Morgan fingerprint density at radius 2 is 2.08 bits per heavy atom. The molecule has 25 heavy (non-hydrogen) atoms. The summed E-state index contributed by atoms with van der Waals surface area (Å²) in [6.45, 7) is 2.47. The first-order chi connectivity index (χ1) is 12.2. The number of benzene rings is 1. The van der Waals surface area contributed by atoms with Crippen LogP contribution in [0.1, 0.15) is 24.6 Å². The quantitative estimate of drug-likeness (QED) is 0.568. The van der Waals surface area contributed by atoms with E-state index in [9.17, 15) is 4.79 Å². The zero-order valence-corrected chi connectivity index (χ0v) is 14.5. The van der Waals surface area contributed by atoms with Gasteiger partial charge in [-0.1, -0.05) is 30.3 Å². The van der Waals surface area contributed by atoms with Crippen molar-refractivity contribution in [2.75, 3.05) is 0 Å². The largest absolute Gasteiger partial charge is 0.468 e. The van der Waals surface area contributed by atoms with Gasteiger partial charge in [0.1, 0.15) is 16.4 Å². The molecule has 0 saturated carbocycles. The number of fused-ring (bicyclic) bond motifs is 1. The number of nitrogens with zero attached hydrogens (tertiary/aromatic N) is 1. The topological polar surface area (TPSA) is 70.9 Å². The average molecular weight is 351 g/mol. The van der Waals surface area contributed by atoms with Crippen LogP contribution in [0.2, 0.25) is 0 Å². The number of aromatic amines is 1. The Kier molecular flexibility index (Phi) is 4.21. The molecule has 0 radical (unpaired) electrons. The zero-order chi connectivity index (χ0) is 17.2. The molecule has 0 aliphatic heterocycles. The van der Waals surface area contributed by atoms with E-state index >= 15 is 0 Å². The highest BCUT2D eigenvalue weighted by Gasteiger charge is 2.14. The number of thiophene rings is 1. The Hall–Kier alpha value is -2.70. The number of H-pyrrole nitrogens is 1. The summed E-state index contributed by atoms with van der Waals surface area (Å²) in [4.78, 5) is 20.8. The first-order valence-electron chi connectivity index (χ1n) is 8.05. The number of nitrogens with one attached hydrogen (secondary N) is 2. The van der Waals surface area contributed by atoms with Crippen LogP contribution in [0.5, 0.6) is 0 Å². The van der Waals surface area contributed by atoms with Crippen molar-refractivity contribution in [3.05, 3.63) is 76.0 Å². The molecule has 0 spiro atoms. The molecule has 3 aromatic heterocycles. The van der Waals surface area contributed by atoms with Gasteiger partial charge in [-0.05, 0) is 24.6 Å². The fraction of sp³-hybridized carbons (Fsp3) is 0.158. The van der Waals surface area contributed by atoms with Gasteiger partial charge in [-0.25, -0.2) is 4.98 Å². The second kappa shape index (κ2) is 6.66. The minimum Gasteiger partial charge on any atom is -0.468 e. The standard InChI is InChI=1S/C19H17N3O2S/c1-12(15-8-5-9-24-15)20-10-16-21-18(23)17-14(11-25-19(17)22-16)13-6-3-2-4-7-13/h2-9,11-12,20H,10H2,1H3,(H,21,22,23)/t12-/m1/s1. The van der Waals surface area contributed by atoms with Crippen molar-refractivity contribution in [2.45, 2.75) is 19.5 Å². The summed E-state index contributed by atoms with van der Waals surface area (Å²) in [5, 5.41) is 5.95. The maximum Gasteiger partial charge on any atom is 0.260 e. The molecule has 0 saturated heterocycles. The molecule has 0 bridgehead atoms. The minimum atomic E-state index is -0.104. The van der Waals surface area contributed by atoms with Crippen LogP contribution in [-0.2, 0) is 6.54 Å². The van der Waals surface area contributed by atoms with Gasteiger partial charge in [0.2, 0.25) is 0 Å². The summed E-state index contributed by atoms with van der Waals surface area (Å²) < 4.78 is 5.38. The van der Waals surface area contributed by atoms with Gasteiger partial charge in [0.15, 0.2) is 0 Å². The first kappa shape index (κ1) is 15.8. The van der Waals surface area contributed by atoms with Crippen LogP contribution in [0.3, 0.4) is 0 Å². The highest BCUT2D eigenvalue weighted by atomic mass is 32.1. The maximum atomic E-state index is 12.6. The predicted octanol–water partition coefficient (Wildman–Crippen LogP) is 4.10. The third-order valence-electron chi connectivity index (χ3n) is 4.12. The van der Waals surface area contributed by atoms with Crippen LogP contribution >= 0.6 is 11.3 Å². The van der Waals surface area contributed by atoms with Crippen molar-refractivity contribution < 1.29 is 4.42 Å². The molecule has 0 fully saturated rings. The van der Waals surface area contributed by atoms with Gasteiger partial charge in [-0.15, -0.1) is 11.3 Å². The fourth-order valence-corrected chi connectivity index (χ4v) is 3.76. The van der Waals surface area contributed by atoms with Crippen LogP contribution < -0.4 is 10.9 Å². The van der Waals surface area contributed by atoms with Crippen LogP contribution in [0.4, 0.5) is 0 Å². The number of furan rings is 1. The molecule has 4 rings (SSSR count). The molecule has 2 N–H and O–H groups in total. The highest BCUT2D eigenvalue weighted by molar-refractivity contribution is 7.17. The second-order valence-electron chi connectivity index (χ2n) is 5.83. The lowest BCUT2D eigenvalue weighted by atomic mass is 10.1. The molecule has 3 heterocycles. The summed E-state index contributed by atoms with van der Waals surface area (Å²) in [5.74, 6) is 1.48. The van der Waals surface area contributed by atoms with Crippen molar-refractivity contribution in [1.82, 2.24) is 15.3 Å². The van der Waals surface area contributed by atoms with Gasteiger partial charge >= 0.3 is 0 Å². The lowest BCUT2D eigenvalue weighted by Crippen LogP contribution is -2.21. The third-order valence-corrected chi connectivity index (χ3v) is 5.00. The van der Waals surface area contributed by atoms with Crippen LogP contribution in [0, 0.1) is 0 Å². The molecule has 0 aliphatic rings. The molecule has 4 aromatic rings. The number of aromatic nitrogens is 2. The van der Waals surface area contributed by atoms with Crippen LogP contribution in [0.25, 0.3) is 21.3 Å². The second-order valence-corrected chi connectivity index (χ2v) is 6.68. The predicted molar refractivity (Wildman–Crippen MR) is 99.6 cm³/mol. The molecule has 0 amide bonds. The van der Waals surface area contributed by atoms with E-state index in [0.29, 0.717) is 17.8 Å². The molecule has 1 atom stereocenters. The normalized spacial score (nSPS) is 12.5. The van der Waals surface area contributed by atoms with Crippen molar-refractivity contribution in [1.29, 1.82) is 0 Å². The molecule has 126 valence electrons. The lowest BCUT2D eigenvalue weighted by molar-refractivity contribution is 0.427. The van der Waals surface area contributed by atoms with E-state index < -0.39 is 0 Å². The van der Waals surface area contributed by atoms with Crippen LogP contribution in [-0.4, -0.2) is 9.97 Å². The van der Waals surface area contributed by atoms with Gasteiger partial charge < -0.3 is 14.7 Å². The van der Waals surface area contributed by atoms with Crippen molar-refractivity contribution in [3.8, 4) is 11.1 Å². The Bertz CT molecular complexity index is 1040. The van der Waals surface area contributed by atoms with E-state index in [1.165, 1.54) is 11.3 Å². The van der Waals surface area contributed by atoms with E-state index in [1.54, 1.807) is 6.26 Å². The Labute approximate surface area is 148 Å². The maximum absolute atomic E-state index is 12.6. The number of rotatable bonds is 5. The molecule has 0 unspecified atom stereocenters. The van der Waals surface area contributed by atoms with Gasteiger partial charge in [-0.3, -0.25) is 4.79 Å². The van der Waals surface area contributed by atoms with Gasteiger partial charge in [0.25, 0.3) is 5.56 Å². The van der Waals surface area contributed by atoms with E-state index in [1.807, 2.05) is 54.8 Å². The summed E-state index contributed by atoms with van der Waals surface area (Å²) in [6.07, 6.45) is 1.65. The SMILES string of the molecule is C[C@@H](NCc1nc2scc(-c3ccccc3)c2c(=O)[nH]1)c1ccco1. The smallest absolute Gasteiger partial charge is 0.260 e. The monoisotopic (exact) mass is 351 g/mol. The molecule has 5 nitrogen and oxygen atoms in total. The van der Waals surface area contributed by atoms with E-state index in [4.69, 9.17) is 4.42 Å². The van der Waals surface area contributed by atoms with Gasteiger partial charge in [0.05, 0.1) is 24.2 Å². The van der Waals surface area contributed by atoms with E-state index in [0.717, 1.165) is 21.7 Å². The van der Waals surface area contributed by atoms with E-state index in [2.05, 4.69) is 15.3 Å². The van der Waals surface area contributed by atoms with Crippen molar-refractivity contribution in [2.24, 2.45) is 0 Å². The minimum absolute atomic E-state index is 0.0409. The highest BCUT2D eigenvalue weighted by Crippen LogP contribution is 2.30. The molecule has 0 aliphatic carbocycles. The summed E-state index contributed by atoms with van der Waals surface area (Å²) >= 11 is 1.49. The molecular formula is C19H17N3O2S. The fourth-order valence-electron chi connectivity index (χ4n) is 2.80. The number of hydrogen-bond donors (Lipinski definition) is 2. The third kappa shape index (κ3) is 3.14. The van der Waals surface area contributed by atoms with Crippen molar-refractivity contribution >= 4 is 21.6 Å². The Morgan fingerprint density at radius 3 is 2.84 bits per heavy atom. The summed E-state index contributed by atoms with van der Waals surface area (Å²) in [6, 6.07) is 13.7. The summed E-state index contributed by atoms with van der Waals surface area (Å²) in [7, 11) is 0. The molecular weight excluding hydrogens is 334 g/mol. The van der Waals surface area contributed by atoms with E-state index in [-0.39, 0.29) is 11.6 Å². The van der Waals surface area contributed by atoms with Gasteiger partial charge in [-0.2, -0.15) is 0 Å². The zero-order valence-electron chi connectivity index (χ0n) is 13.7. The van der Waals surface area contributed by atoms with Gasteiger partial charge in [0, 0.05) is 10.9 Å². The van der Waals surface area contributed by atoms with Crippen molar-refractivity contribution in [3.63, 3.8) is 0 Å². The Morgan fingerprint density at radius 1 is 1.24 bits per heavy atom. The van der Waals surface area contributed by atoms with Crippen LogP contribution in [0.15, 0.2) is 63.3 Å². The lowest BCUT2D eigenvalue weighted by Gasteiger charge is -2.10. The average Bonchev–Trinajstić information content (AvgIpc) is 3.30. The molecule has 6 heteroatoms.